The van der Waals surface area contributed by atoms with Crippen molar-refractivity contribution in [3.63, 3.8) is 0 Å². The second-order valence-electron chi connectivity index (χ2n) is 12.2. The molecule has 14 nitrogen and oxygen atoms in total. The van der Waals surface area contributed by atoms with Crippen molar-refractivity contribution < 1.29 is 28.1 Å². The highest BCUT2D eigenvalue weighted by atomic mass is 19.1. The van der Waals surface area contributed by atoms with Crippen molar-refractivity contribution in [2.45, 2.75) is 19.9 Å². The highest BCUT2D eigenvalue weighted by Gasteiger charge is 2.26. The van der Waals surface area contributed by atoms with Crippen molar-refractivity contribution in [2.24, 2.45) is 11.1 Å². The molecule has 0 spiro atoms. The molecule has 1 atom stereocenters. The molecule has 3 aromatic rings. The molecule has 0 radical (unpaired) electrons. The summed E-state index contributed by atoms with van der Waals surface area (Å²) in [5, 5.41) is 15.9. The number of halogens is 1. The lowest BCUT2D eigenvalue weighted by Crippen LogP contribution is -2.30. The molecule has 53 heavy (non-hydrogen) atoms. The smallest absolute Gasteiger partial charge is 0.251 e. The first-order valence-electron chi connectivity index (χ1n) is 17.8. The third-order valence-corrected chi connectivity index (χ3v) is 8.01. The summed E-state index contributed by atoms with van der Waals surface area (Å²) >= 11 is 0. The number of amides is 1. The van der Waals surface area contributed by atoms with Gasteiger partial charge in [-0.25, -0.2) is 4.39 Å². The zero-order chi connectivity index (χ0) is 37.6. The maximum atomic E-state index is 13.4. The van der Waals surface area contributed by atoms with E-state index in [2.05, 4.69) is 67.2 Å². The first-order valence-corrected chi connectivity index (χ1v) is 17.8. The summed E-state index contributed by atoms with van der Waals surface area (Å²) in [6.07, 6.45) is 6.87. The number of hydrogen-bond acceptors (Lipinski definition) is 13. The number of nitrogens with zero attached hydrogens (tertiary/aromatic N) is 3. The second kappa shape index (κ2) is 22.9. The van der Waals surface area contributed by atoms with Crippen LogP contribution in [-0.4, -0.2) is 99.9 Å². The number of anilines is 3. The molecule has 2 aromatic carbocycles. The van der Waals surface area contributed by atoms with Crippen molar-refractivity contribution in [1.82, 2.24) is 25.6 Å². The van der Waals surface area contributed by atoms with Gasteiger partial charge < -0.3 is 51.3 Å². The largest absolute Gasteiger partial charge is 0.386 e. The van der Waals surface area contributed by atoms with E-state index in [-0.39, 0.29) is 17.1 Å². The Morgan fingerprint density at radius 2 is 1.40 bits per heavy atom. The van der Waals surface area contributed by atoms with E-state index in [9.17, 15) is 9.18 Å². The molecule has 0 aliphatic heterocycles. The number of nitrogens with two attached hydrogens (primary N) is 1. The Bertz CT molecular complexity index is 1610. The highest BCUT2D eigenvalue weighted by Crippen LogP contribution is 2.34. The van der Waals surface area contributed by atoms with Crippen LogP contribution in [0.4, 0.5) is 22.2 Å². The third kappa shape index (κ3) is 15.3. The SMILES string of the molecule is C=C(NCCOCCOCCN)C1(C)C=CC(Nc2nc(NCCOCCOCCNC(=O)c3ccccc3)nc(NCc3ccc(F)cc3)n2)=CC1. The second-order valence-corrected chi connectivity index (χ2v) is 12.2. The Kier molecular flexibility index (Phi) is 17.6. The van der Waals surface area contributed by atoms with Gasteiger partial charge in [0, 0.05) is 55.1 Å². The third-order valence-electron chi connectivity index (χ3n) is 8.01. The molecule has 7 N–H and O–H groups in total. The Morgan fingerprint density at radius 1 is 0.792 bits per heavy atom. The van der Waals surface area contributed by atoms with E-state index in [1.54, 1.807) is 24.3 Å². The van der Waals surface area contributed by atoms with Gasteiger partial charge in [0.25, 0.3) is 5.91 Å². The zero-order valence-electron chi connectivity index (χ0n) is 30.4. The van der Waals surface area contributed by atoms with E-state index >= 15 is 0 Å². The van der Waals surface area contributed by atoms with Crippen LogP contribution in [0.2, 0.25) is 0 Å². The van der Waals surface area contributed by atoms with Crippen LogP contribution in [0.15, 0.2) is 90.8 Å². The number of benzene rings is 2. The topological polar surface area (TPSA) is 179 Å². The van der Waals surface area contributed by atoms with Crippen molar-refractivity contribution in [3.05, 3.63) is 108 Å². The molecule has 0 saturated heterocycles. The zero-order valence-corrected chi connectivity index (χ0v) is 30.4. The summed E-state index contributed by atoms with van der Waals surface area (Å²) < 4.78 is 35.6. The fourth-order valence-corrected chi connectivity index (χ4v) is 4.92. The number of carbonyl (C=O) groups is 1. The molecule has 0 saturated carbocycles. The summed E-state index contributed by atoms with van der Waals surface area (Å²) in [5.41, 5.74) is 8.35. The Balaban J connectivity index is 1.21. The van der Waals surface area contributed by atoms with E-state index in [1.165, 1.54) is 12.1 Å². The van der Waals surface area contributed by atoms with Gasteiger partial charge in [-0.15, -0.1) is 0 Å². The number of carbonyl (C=O) groups excluding carboxylic acids is 1. The average molecular weight is 734 g/mol. The molecule has 1 aromatic heterocycles. The number of hydrogen-bond donors (Lipinski definition) is 6. The van der Waals surface area contributed by atoms with Crippen LogP contribution in [0.5, 0.6) is 0 Å². The Hall–Kier alpha value is -4.93. The maximum absolute atomic E-state index is 13.4. The van der Waals surface area contributed by atoms with Gasteiger partial charge in [-0.2, -0.15) is 15.0 Å². The molecule has 1 heterocycles. The molecule has 1 aliphatic carbocycles. The van der Waals surface area contributed by atoms with Crippen LogP contribution in [0.25, 0.3) is 0 Å². The summed E-state index contributed by atoms with van der Waals surface area (Å²) in [6, 6.07) is 15.3. The number of nitrogens with one attached hydrogen (secondary N) is 5. The van der Waals surface area contributed by atoms with Gasteiger partial charge in [0.05, 0.1) is 52.9 Å². The summed E-state index contributed by atoms with van der Waals surface area (Å²) in [6.45, 7) is 12.4. The molecule has 1 amide bonds. The molecule has 4 rings (SSSR count). The number of aromatic nitrogens is 3. The lowest BCUT2D eigenvalue weighted by atomic mass is 9.80. The minimum Gasteiger partial charge on any atom is -0.386 e. The summed E-state index contributed by atoms with van der Waals surface area (Å²) in [4.78, 5) is 25.7. The van der Waals surface area contributed by atoms with Crippen molar-refractivity contribution in [1.29, 1.82) is 0 Å². The van der Waals surface area contributed by atoms with E-state index < -0.39 is 0 Å². The molecule has 15 heteroatoms. The fraction of sp³-hybridized carbons (Fsp3) is 0.421. The number of ether oxygens (including phenoxy) is 4. The van der Waals surface area contributed by atoms with Gasteiger partial charge >= 0.3 is 0 Å². The van der Waals surface area contributed by atoms with Crippen LogP contribution in [0.3, 0.4) is 0 Å². The summed E-state index contributed by atoms with van der Waals surface area (Å²) in [5.74, 6) is 0.618. The molecule has 0 fully saturated rings. The molecule has 286 valence electrons. The first-order chi connectivity index (χ1) is 25.8. The Morgan fingerprint density at radius 3 is 2.04 bits per heavy atom. The minimum atomic E-state index is -0.300. The van der Waals surface area contributed by atoms with Crippen molar-refractivity contribution in [2.75, 3.05) is 95.0 Å². The van der Waals surface area contributed by atoms with Gasteiger partial charge in [-0.05, 0) is 42.3 Å². The minimum absolute atomic E-state index is 0.133. The maximum Gasteiger partial charge on any atom is 0.251 e. The average Bonchev–Trinajstić information content (AvgIpc) is 3.17. The lowest BCUT2D eigenvalue weighted by molar-refractivity contribution is 0.0519. The standard InChI is InChI=1S/C38H52FN9O5/c1-29(41-17-21-51-25-24-50-20-16-40)38(2)14-12-33(13-15-38)45-37-47-35(46-36(48-37)44-28-30-8-10-32(39)11-9-30)43-19-23-53-27-26-52-22-18-42-34(49)31-6-4-3-5-7-31/h3-14,41H,1,15-28,40H2,2H3,(H,42,49)(H3,43,44,45,46,47,48). The number of allylic oxidation sites excluding steroid dienone is 3. The van der Waals surface area contributed by atoms with Crippen molar-refractivity contribution >= 4 is 23.8 Å². The van der Waals surface area contributed by atoms with Crippen LogP contribution in [0, 0.1) is 11.2 Å². The lowest BCUT2D eigenvalue weighted by Gasteiger charge is -2.31. The van der Waals surface area contributed by atoms with Gasteiger partial charge in [0.2, 0.25) is 17.8 Å². The van der Waals surface area contributed by atoms with E-state index in [4.69, 9.17) is 24.7 Å². The van der Waals surface area contributed by atoms with Gasteiger partial charge in [0.15, 0.2) is 0 Å². The molecule has 0 bridgehead atoms. The normalized spacial score (nSPS) is 15.0. The van der Waals surface area contributed by atoms with Crippen LogP contribution in [0.1, 0.15) is 29.3 Å². The predicted octanol–water partition coefficient (Wildman–Crippen LogP) is 3.86. The van der Waals surface area contributed by atoms with E-state index in [1.807, 2.05) is 24.3 Å². The van der Waals surface area contributed by atoms with Crippen molar-refractivity contribution in [3.8, 4) is 0 Å². The fourth-order valence-electron chi connectivity index (χ4n) is 4.92. The van der Waals surface area contributed by atoms with Gasteiger partial charge in [-0.3, -0.25) is 4.79 Å². The van der Waals surface area contributed by atoms with Crippen LogP contribution < -0.4 is 32.3 Å². The highest BCUT2D eigenvalue weighted by molar-refractivity contribution is 5.94. The molecular formula is C38H52FN9O5. The van der Waals surface area contributed by atoms with Gasteiger partial charge in [-0.1, -0.05) is 56.0 Å². The van der Waals surface area contributed by atoms with Gasteiger partial charge in [0.1, 0.15) is 5.82 Å². The molecule has 1 unspecified atom stereocenters. The number of rotatable bonds is 26. The van der Waals surface area contributed by atoms with E-state index in [0.717, 1.165) is 17.0 Å². The first kappa shape index (κ1) is 40.8. The van der Waals surface area contributed by atoms with Crippen LogP contribution in [-0.2, 0) is 25.5 Å². The molecular weight excluding hydrogens is 681 g/mol. The molecule has 1 aliphatic rings. The predicted molar refractivity (Wildman–Crippen MR) is 204 cm³/mol. The quantitative estimate of drug-likeness (QED) is 0.0657. The monoisotopic (exact) mass is 733 g/mol. The van der Waals surface area contributed by atoms with Crippen LogP contribution >= 0.6 is 0 Å². The Labute approximate surface area is 310 Å². The van der Waals surface area contributed by atoms with E-state index in [0.29, 0.717) is 115 Å². The summed E-state index contributed by atoms with van der Waals surface area (Å²) in [7, 11) is 0.